The number of hydrogen-bond donors (Lipinski definition) is 1. The van der Waals surface area contributed by atoms with E-state index in [1.54, 1.807) is 0 Å². The van der Waals surface area contributed by atoms with Crippen LogP contribution in [0.25, 0.3) is 0 Å². The van der Waals surface area contributed by atoms with Crippen LogP contribution in [0.15, 0.2) is 0 Å². The Labute approximate surface area is 70.6 Å². The molecule has 0 fully saturated rings. The molecule has 0 aliphatic heterocycles. The maximum atomic E-state index is 9.54. The van der Waals surface area contributed by atoms with E-state index in [0.29, 0.717) is 0 Å². The van der Waals surface area contributed by atoms with Crippen LogP contribution >= 0.6 is 24.2 Å². The zero-order chi connectivity index (χ0) is 4.28. The average molecular weight is 135 g/mol. The van der Waals surface area contributed by atoms with Gasteiger partial charge in [-0.3, -0.25) is 4.79 Å². The number of carbonyl (C=O) groups excluding carboxylic acids is 1. The van der Waals surface area contributed by atoms with Crippen molar-refractivity contribution < 1.29 is 35.8 Å². The molecular weight excluding hydrogens is 131 g/mol. The van der Waals surface area contributed by atoms with Crippen LogP contribution in [0.2, 0.25) is 0 Å². The van der Waals surface area contributed by atoms with Crippen molar-refractivity contribution in [3.63, 3.8) is 0 Å². The smallest absolute Gasteiger partial charge is 1.00 e. The summed E-state index contributed by atoms with van der Waals surface area (Å²) in [5, 5.41) is -0.285. The van der Waals surface area contributed by atoms with E-state index in [0.717, 1.165) is 0 Å². The van der Waals surface area contributed by atoms with E-state index in [1.807, 2.05) is 0 Å². The summed E-state index contributed by atoms with van der Waals surface area (Å²) in [6.07, 6.45) is 0. The summed E-state index contributed by atoms with van der Waals surface area (Å²) in [5.74, 6) is 0.00309. The first-order valence-electron chi connectivity index (χ1n) is 1.05. The van der Waals surface area contributed by atoms with Gasteiger partial charge >= 0.3 is 29.6 Å². The summed E-state index contributed by atoms with van der Waals surface area (Å²) in [4.78, 5) is 9.54. The third kappa shape index (κ3) is 9.00. The van der Waals surface area contributed by atoms with Crippen LogP contribution in [0.3, 0.4) is 0 Å². The first kappa shape index (κ1) is 10.3. The SMILES string of the molecule is O=C(S)CCl.[H-].[Na+]. The quantitative estimate of drug-likeness (QED) is 0.245. The molecule has 0 rings (SSSR count). The van der Waals surface area contributed by atoms with Crippen LogP contribution in [0, 0.1) is 0 Å². The van der Waals surface area contributed by atoms with Gasteiger partial charge < -0.3 is 1.43 Å². The van der Waals surface area contributed by atoms with E-state index in [2.05, 4.69) is 12.6 Å². The van der Waals surface area contributed by atoms with Gasteiger partial charge in [0.25, 0.3) is 0 Å². The maximum Gasteiger partial charge on any atom is 1.00 e. The average Bonchev–Trinajstić information content (AvgIpc) is 1.38. The molecule has 0 aliphatic carbocycles. The standard InChI is InChI=1S/C2H3ClOS.Na.H/c3-1-2(4)5;;/h1H2,(H,4,5);;/q;+1;-1. The summed E-state index contributed by atoms with van der Waals surface area (Å²) in [5.41, 5.74) is 0. The Kier molecular flexibility index (Phi) is 10.9. The molecule has 0 saturated heterocycles. The second-order valence-corrected chi connectivity index (χ2v) is 1.29. The molecule has 0 heterocycles. The predicted octanol–water partition coefficient (Wildman–Crippen LogP) is -2.20. The van der Waals surface area contributed by atoms with Crippen molar-refractivity contribution in [1.29, 1.82) is 0 Å². The number of carbonyl (C=O) groups is 1. The largest absolute Gasteiger partial charge is 1.00 e. The molecule has 0 spiro atoms. The minimum Gasteiger partial charge on any atom is -1.00 e. The Morgan fingerprint density at radius 1 is 2.00 bits per heavy atom. The van der Waals surface area contributed by atoms with Crippen LogP contribution < -0.4 is 29.6 Å². The Bertz CT molecular complexity index is 53.0. The number of halogens is 1. The van der Waals surface area contributed by atoms with Gasteiger partial charge in [0.2, 0.25) is 5.12 Å². The molecular formula is C2H4ClNaOS. The van der Waals surface area contributed by atoms with Gasteiger partial charge in [0.15, 0.2) is 0 Å². The third-order valence-corrected chi connectivity index (χ3v) is 0.702. The van der Waals surface area contributed by atoms with Gasteiger partial charge in [-0.2, -0.15) is 0 Å². The van der Waals surface area contributed by atoms with Crippen molar-refractivity contribution in [3.8, 4) is 0 Å². The fourth-order valence-corrected chi connectivity index (χ4v) is 0. The van der Waals surface area contributed by atoms with Crippen molar-refractivity contribution in [1.82, 2.24) is 0 Å². The molecule has 1 nitrogen and oxygen atoms in total. The van der Waals surface area contributed by atoms with Crippen molar-refractivity contribution >= 4 is 29.3 Å². The molecule has 32 valence electrons. The number of hydrogen-bond acceptors (Lipinski definition) is 1. The molecule has 0 amide bonds. The minimum absolute atomic E-state index is 0. The Morgan fingerprint density at radius 3 is 2.17 bits per heavy atom. The predicted molar refractivity (Wildman–Crippen MR) is 25.8 cm³/mol. The first-order chi connectivity index (χ1) is 2.27. The molecule has 0 atom stereocenters. The normalized spacial score (nSPS) is 6.33. The first-order valence-corrected chi connectivity index (χ1v) is 2.03. The summed E-state index contributed by atoms with van der Waals surface area (Å²) in [6.45, 7) is 0. The molecule has 0 aromatic heterocycles. The molecule has 0 aromatic carbocycles. The second-order valence-electron chi connectivity index (χ2n) is 0.527. The summed E-state index contributed by atoms with van der Waals surface area (Å²) in [7, 11) is 0. The number of rotatable bonds is 1. The van der Waals surface area contributed by atoms with E-state index >= 15 is 0 Å². The van der Waals surface area contributed by atoms with Crippen molar-refractivity contribution in [2.45, 2.75) is 0 Å². The Morgan fingerprint density at radius 2 is 2.17 bits per heavy atom. The van der Waals surface area contributed by atoms with Crippen LogP contribution in [-0.4, -0.2) is 11.0 Å². The fourth-order valence-electron chi connectivity index (χ4n) is 0. The van der Waals surface area contributed by atoms with Gasteiger partial charge in [-0.1, -0.05) is 0 Å². The van der Waals surface area contributed by atoms with Crippen LogP contribution in [0.5, 0.6) is 0 Å². The van der Waals surface area contributed by atoms with E-state index in [4.69, 9.17) is 11.6 Å². The zero-order valence-electron chi connectivity index (χ0n) is 4.44. The molecule has 0 aromatic rings. The third-order valence-electron chi connectivity index (χ3n) is 0.114. The van der Waals surface area contributed by atoms with Crippen LogP contribution in [-0.2, 0) is 4.79 Å². The summed E-state index contributed by atoms with van der Waals surface area (Å²) >= 11 is 8.24. The molecule has 4 heteroatoms. The van der Waals surface area contributed by atoms with E-state index in [-0.39, 0.29) is 42.0 Å². The minimum atomic E-state index is -0.285. The fraction of sp³-hybridized carbons (Fsp3) is 0.500. The van der Waals surface area contributed by atoms with Crippen LogP contribution in [0.1, 0.15) is 1.43 Å². The molecule has 0 saturated carbocycles. The van der Waals surface area contributed by atoms with Crippen molar-refractivity contribution in [2.75, 3.05) is 5.88 Å². The monoisotopic (exact) mass is 134 g/mol. The molecule has 0 unspecified atom stereocenters. The summed E-state index contributed by atoms with van der Waals surface area (Å²) in [6, 6.07) is 0. The Hall–Kier alpha value is 1.31. The zero-order valence-corrected chi connectivity index (χ0v) is 7.09. The van der Waals surface area contributed by atoms with Gasteiger partial charge in [-0.15, -0.1) is 24.2 Å². The van der Waals surface area contributed by atoms with Gasteiger partial charge in [0.1, 0.15) is 0 Å². The van der Waals surface area contributed by atoms with Gasteiger partial charge in [-0.25, -0.2) is 0 Å². The maximum absolute atomic E-state index is 9.54. The second kappa shape index (κ2) is 6.31. The summed E-state index contributed by atoms with van der Waals surface area (Å²) < 4.78 is 0. The van der Waals surface area contributed by atoms with Gasteiger partial charge in [-0.05, 0) is 0 Å². The van der Waals surface area contributed by atoms with E-state index in [9.17, 15) is 4.79 Å². The van der Waals surface area contributed by atoms with E-state index in [1.165, 1.54) is 0 Å². The molecule has 0 radical (unpaired) electrons. The van der Waals surface area contributed by atoms with Gasteiger partial charge in [0.05, 0.1) is 5.88 Å². The molecule has 6 heavy (non-hydrogen) atoms. The number of alkyl halides is 1. The van der Waals surface area contributed by atoms with Gasteiger partial charge in [0, 0.05) is 0 Å². The molecule has 0 aliphatic rings. The molecule has 0 N–H and O–H groups in total. The van der Waals surface area contributed by atoms with Crippen molar-refractivity contribution in [3.05, 3.63) is 0 Å². The topological polar surface area (TPSA) is 17.1 Å². The number of thiol groups is 1. The van der Waals surface area contributed by atoms with Crippen LogP contribution in [0.4, 0.5) is 0 Å². The van der Waals surface area contributed by atoms with E-state index < -0.39 is 0 Å². The molecule has 0 bridgehead atoms. The van der Waals surface area contributed by atoms with Crippen molar-refractivity contribution in [2.24, 2.45) is 0 Å². The Balaban J connectivity index is -0.0000000800.